The van der Waals surface area contributed by atoms with E-state index in [-0.39, 0.29) is 0 Å². The van der Waals surface area contributed by atoms with E-state index in [1.165, 1.54) is 31.4 Å². The molecule has 0 amide bonds. The highest BCUT2D eigenvalue weighted by molar-refractivity contribution is 9.10. The first kappa shape index (κ1) is 14.9. The van der Waals surface area contributed by atoms with Crippen LogP contribution in [0.25, 0.3) is 0 Å². The number of benzene rings is 1. The van der Waals surface area contributed by atoms with E-state index in [0.29, 0.717) is 6.04 Å². The molecule has 1 aliphatic carbocycles. The average molecular weight is 326 g/mol. The zero-order chi connectivity index (χ0) is 14.0. The Morgan fingerprint density at radius 3 is 2.68 bits per heavy atom. The highest BCUT2D eigenvalue weighted by Gasteiger charge is 2.23. The van der Waals surface area contributed by atoms with Crippen molar-refractivity contribution in [2.45, 2.75) is 51.7 Å². The molecule has 3 atom stereocenters. The van der Waals surface area contributed by atoms with Crippen LogP contribution >= 0.6 is 15.9 Å². The van der Waals surface area contributed by atoms with Gasteiger partial charge >= 0.3 is 0 Å². The number of halogens is 1. The summed E-state index contributed by atoms with van der Waals surface area (Å²) in [5, 5.41) is 9.67. The van der Waals surface area contributed by atoms with Crippen LogP contribution in [0.15, 0.2) is 22.7 Å². The van der Waals surface area contributed by atoms with Crippen molar-refractivity contribution in [3.05, 3.63) is 28.2 Å². The fraction of sp³-hybridized carbons (Fsp3) is 0.625. The van der Waals surface area contributed by atoms with Crippen LogP contribution in [0.5, 0.6) is 0 Å². The minimum absolute atomic E-state index is 0.427. The molecule has 1 N–H and O–H groups in total. The monoisotopic (exact) mass is 325 g/mol. The Labute approximate surface area is 124 Å². The third-order valence-corrected chi connectivity index (χ3v) is 4.98. The minimum atomic E-state index is -0.427. The minimum Gasteiger partial charge on any atom is -0.389 e. The molecule has 0 radical (unpaired) electrons. The lowest BCUT2D eigenvalue weighted by Crippen LogP contribution is -2.35. The molecule has 2 nitrogen and oxygen atoms in total. The Morgan fingerprint density at radius 1 is 1.37 bits per heavy atom. The lowest BCUT2D eigenvalue weighted by atomic mass is 9.86. The van der Waals surface area contributed by atoms with Gasteiger partial charge in [-0.15, -0.1) is 0 Å². The van der Waals surface area contributed by atoms with E-state index in [9.17, 15) is 5.11 Å². The molecule has 1 aromatic carbocycles. The number of nitrogens with zero attached hydrogens (tertiary/aromatic N) is 1. The molecule has 106 valence electrons. The fourth-order valence-electron chi connectivity index (χ4n) is 3.04. The highest BCUT2D eigenvalue weighted by Crippen LogP contribution is 2.32. The van der Waals surface area contributed by atoms with Crippen LogP contribution < -0.4 is 4.90 Å². The van der Waals surface area contributed by atoms with Gasteiger partial charge in [0.05, 0.1) is 6.10 Å². The lowest BCUT2D eigenvalue weighted by Gasteiger charge is -2.35. The fourth-order valence-corrected chi connectivity index (χ4v) is 3.74. The van der Waals surface area contributed by atoms with Gasteiger partial charge in [0.25, 0.3) is 0 Å². The summed E-state index contributed by atoms with van der Waals surface area (Å²) in [5.74, 6) is 0.835. The van der Waals surface area contributed by atoms with Crippen molar-refractivity contribution in [1.82, 2.24) is 0 Å². The molecule has 0 aliphatic heterocycles. The largest absolute Gasteiger partial charge is 0.389 e. The summed E-state index contributed by atoms with van der Waals surface area (Å²) in [6, 6.07) is 6.91. The summed E-state index contributed by atoms with van der Waals surface area (Å²) >= 11 is 3.57. The Bertz CT molecular complexity index is 433. The first-order valence-corrected chi connectivity index (χ1v) is 7.98. The maximum absolute atomic E-state index is 9.67. The first-order valence-electron chi connectivity index (χ1n) is 7.19. The second-order valence-electron chi connectivity index (χ2n) is 5.92. The van der Waals surface area contributed by atoms with Crippen molar-refractivity contribution in [3.8, 4) is 0 Å². The second kappa shape index (κ2) is 6.27. The summed E-state index contributed by atoms with van der Waals surface area (Å²) in [6.07, 6.45) is 4.85. The highest BCUT2D eigenvalue weighted by atomic mass is 79.9. The summed E-state index contributed by atoms with van der Waals surface area (Å²) in [7, 11) is 2.19. The van der Waals surface area contributed by atoms with E-state index in [1.54, 1.807) is 6.92 Å². The smallest absolute Gasteiger partial charge is 0.0772 e. The molecule has 0 aromatic heterocycles. The van der Waals surface area contributed by atoms with E-state index < -0.39 is 6.10 Å². The molecule has 0 spiro atoms. The van der Waals surface area contributed by atoms with Crippen LogP contribution in [0.2, 0.25) is 0 Å². The topological polar surface area (TPSA) is 23.5 Å². The van der Waals surface area contributed by atoms with E-state index in [0.717, 1.165) is 16.0 Å². The van der Waals surface area contributed by atoms with Crippen LogP contribution in [0.1, 0.15) is 51.2 Å². The molecule has 19 heavy (non-hydrogen) atoms. The second-order valence-corrected chi connectivity index (χ2v) is 6.77. The number of rotatable bonds is 3. The predicted molar refractivity (Wildman–Crippen MR) is 84.6 cm³/mol. The van der Waals surface area contributed by atoms with Crippen molar-refractivity contribution in [2.75, 3.05) is 11.9 Å². The summed E-state index contributed by atoms with van der Waals surface area (Å²) in [4.78, 5) is 2.40. The Hall–Kier alpha value is -0.540. The molecule has 3 heteroatoms. The third kappa shape index (κ3) is 3.51. The van der Waals surface area contributed by atoms with E-state index in [1.807, 2.05) is 6.07 Å². The van der Waals surface area contributed by atoms with Crippen LogP contribution in [-0.2, 0) is 0 Å². The maximum Gasteiger partial charge on any atom is 0.0772 e. The van der Waals surface area contributed by atoms with Gasteiger partial charge in [0.2, 0.25) is 0 Å². The Morgan fingerprint density at radius 2 is 2.11 bits per heavy atom. The summed E-state index contributed by atoms with van der Waals surface area (Å²) in [5.41, 5.74) is 2.18. The van der Waals surface area contributed by atoms with Gasteiger partial charge in [-0.3, -0.25) is 0 Å². The van der Waals surface area contributed by atoms with Gasteiger partial charge in [-0.05, 0) is 43.4 Å². The number of aliphatic hydroxyl groups is 1. The lowest BCUT2D eigenvalue weighted by molar-refractivity contribution is 0.198. The molecular formula is C16H24BrNO. The molecule has 2 rings (SSSR count). The van der Waals surface area contributed by atoms with Crippen molar-refractivity contribution in [2.24, 2.45) is 5.92 Å². The van der Waals surface area contributed by atoms with E-state index in [2.05, 4.69) is 46.9 Å². The number of aliphatic hydroxyl groups excluding tert-OH is 1. The first-order chi connectivity index (χ1) is 8.99. The summed E-state index contributed by atoms with van der Waals surface area (Å²) in [6.45, 7) is 4.15. The SMILES string of the molecule is CC1CCCC(N(C)c2ccc([C@H](C)O)c(Br)c2)C1. The van der Waals surface area contributed by atoms with Crippen molar-refractivity contribution in [3.63, 3.8) is 0 Å². The third-order valence-electron chi connectivity index (χ3n) is 4.30. The quantitative estimate of drug-likeness (QED) is 0.883. The molecule has 1 saturated carbocycles. The normalized spacial score (nSPS) is 25.1. The van der Waals surface area contributed by atoms with Crippen molar-refractivity contribution < 1.29 is 5.11 Å². The Kier molecular flexibility index (Phi) is 4.91. The van der Waals surface area contributed by atoms with Crippen molar-refractivity contribution in [1.29, 1.82) is 0 Å². The standard InChI is InChI=1S/C16H24BrNO/c1-11-5-4-6-13(9-11)18(3)14-7-8-15(12(2)19)16(17)10-14/h7-8,10-13,19H,4-6,9H2,1-3H3/t11?,12-,13?/m0/s1. The molecule has 2 unspecified atom stereocenters. The van der Waals surface area contributed by atoms with E-state index >= 15 is 0 Å². The maximum atomic E-state index is 9.67. The number of hydrogen-bond acceptors (Lipinski definition) is 2. The van der Waals surface area contributed by atoms with Crippen molar-refractivity contribution >= 4 is 21.6 Å². The van der Waals surface area contributed by atoms with Gasteiger partial charge in [0.15, 0.2) is 0 Å². The molecule has 1 aromatic rings. The zero-order valence-electron chi connectivity index (χ0n) is 12.1. The van der Waals surface area contributed by atoms with Gasteiger partial charge in [-0.1, -0.05) is 41.8 Å². The van der Waals surface area contributed by atoms with E-state index in [4.69, 9.17) is 0 Å². The van der Waals surface area contributed by atoms with Gasteiger partial charge in [0.1, 0.15) is 0 Å². The number of anilines is 1. The predicted octanol–water partition coefficient (Wildman–Crippen LogP) is 4.52. The van der Waals surface area contributed by atoms with Crippen LogP contribution in [0, 0.1) is 5.92 Å². The molecule has 1 fully saturated rings. The molecule has 0 heterocycles. The van der Waals surface area contributed by atoms with Gasteiger partial charge in [0, 0.05) is 23.2 Å². The average Bonchev–Trinajstić information content (AvgIpc) is 2.37. The zero-order valence-corrected chi connectivity index (χ0v) is 13.7. The van der Waals surface area contributed by atoms with Crippen LogP contribution in [0.4, 0.5) is 5.69 Å². The molecule has 0 saturated heterocycles. The van der Waals surface area contributed by atoms with Gasteiger partial charge < -0.3 is 10.0 Å². The van der Waals surface area contributed by atoms with Crippen LogP contribution in [-0.4, -0.2) is 18.2 Å². The Balaban J connectivity index is 2.15. The van der Waals surface area contributed by atoms with Gasteiger partial charge in [-0.2, -0.15) is 0 Å². The van der Waals surface area contributed by atoms with Crippen LogP contribution in [0.3, 0.4) is 0 Å². The molecule has 0 bridgehead atoms. The van der Waals surface area contributed by atoms with Gasteiger partial charge in [-0.25, -0.2) is 0 Å². The molecule has 1 aliphatic rings. The molecular weight excluding hydrogens is 302 g/mol. The summed E-state index contributed by atoms with van der Waals surface area (Å²) < 4.78 is 0.996. The number of hydrogen-bond donors (Lipinski definition) is 1.